The van der Waals surface area contributed by atoms with Gasteiger partial charge in [0.2, 0.25) is 0 Å². The monoisotopic (exact) mass is 357 g/mol. The van der Waals surface area contributed by atoms with Crippen molar-refractivity contribution in [2.75, 3.05) is 27.8 Å². The molecule has 3 unspecified atom stereocenters. The average molecular weight is 357 g/mol. The molecule has 1 aliphatic heterocycles. The number of ether oxygens (including phenoxy) is 2. The van der Waals surface area contributed by atoms with E-state index < -0.39 is 0 Å². The molecule has 142 valence electrons. The van der Waals surface area contributed by atoms with E-state index in [0.717, 1.165) is 43.7 Å². The van der Waals surface area contributed by atoms with Crippen LogP contribution in [0.1, 0.15) is 56.9 Å². The summed E-state index contributed by atoms with van der Waals surface area (Å²) in [5.74, 6) is 2.09. The number of methoxy groups -OCH3 is 2. The fourth-order valence-electron chi connectivity index (χ4n) is 6.03. The number of hydrogen-bond acceptors (Lipinski definition) is 4. The van der Waals surface area contributed by atoms with Crippen LogP contribution in [0.4, 0.5) is 0 Å². The predicted octanol–water partition coefficient (Wildman–Crippen LogP) is 3.96. The minimum atomic E-state index is 0.181. The number of likely N-dealkylation sites (tertiary alicyclic amines) is 1. The van der Waals surface area contributed by atoms with E-state index in [-0.39, 0.29) is 10.8 Å². The van der Waals surface area contributed by atoms with Crippen molar-refractivity contribution in [3.05, 3.63) is 23.8 Å². The number of ketones is 1. The molecule has 2 saturated carbocycles. The highest BCUT2D eigenvalue weighted by atomic mass is 16.5. The van der Waals surface area contributed by atoms with Gasteiger partial charge >= 0.3 is 0 Å². The third kappa shape index (κ3) is 2.74. The van der Waals surface area contributed by atoms with Gasteiger partial charge in [-0.1, -0.05) is 6.07 Å². The predicted molar refractivity (Wildman–Crippen MR) is 102 cm³/mol. The highest BCUT2D eigenvalue weighted by molar-refractivity contribution is 5.80. The Balaban J connectivity index is 1.68. The summed E-state index contributed by atoms with van der Waals surface area (Å²) in [6.45, 7) is 1.13. The zero-order valence-electron chi connectivity index (χ0n) is 16.3. The van der Waals surface area contributed by atoms with E-state index in [1.165, 1.54) is 31.2 Å². The molecule has 26 heavy (non-hydrogen) atoms. The lowest BCUT2D eigenvalue weighted by Gasteiger charge is -2.51. The van der Waals surface area contributed by atoms with Gasteiger partial charge in [-0.3, -0.25) is 4.79 Å². The number of hydrogen-bond donors (Lipinski definition) is 0. The van der Waals surface area contributed by atoms with Gasteiger partial charge in [0.05, 0.1) is 14.2 Å². The van der Waals surface area contributed by atoms with Crippen molar-refractivity contribution >= 4 is 5.78 Å². The molecule has 1 spiro atoms. The van der Waals surface area contributed by atoms with Crippen molar-refractivity contribution in [3.8, 4) is 11.5 Å². The third-order valence-electron chi connectivity index (χ3n) is 7.50. The highest BCUT2D eigenvalue weighted by Crippen LogP contribution is 2.57. The number of rotatable bonds is 3. The average Bonchev–Trinajstić information content (AvgIpc) is 2.98. The van der Waals surface area contributed by atoms with Crippen LogP contribution in [0.2, 0.25) is 0 Å². The Morgan fingerprint density at radius 2 is 1.88 bits per heavy atom. The van der Waals surface area contributed by atoms with Crippen LogP contribution in [-0.4, -0.2) is 44.5 Å². The van der Waals surface area contributed by atoms with E-state index in [2.05, 4.69) is 24.1 Å². The van der Waals surface area contributed by atoms with Gasteiger partial charge in [-0.15, -0.1) is 0 Å². The molecule has 0 amide bonds. The van der Waals surface area contributed by atoms with Gasteiger partial charge in [-0.2, -0.15) is 0 Å². The first kappa shape index (κ1) is 17.8. The second-order valence-electron chi connectivity index (χ2n) is 8.75. The minimum absolute atomic E-state index is 0.181. The van der Waals surface area contributed by atoms with Crippen molar-refractivity contribution < 1.29 is 14.3 Å². The number of benzene rings is 1. The van der Waals surface area contributed by atoms with Crippen LogP contribution in [0.3, 0.4) is 0 Å². The molecule has 1 saturated heterocycles. The molecule has 4 heteroatoms. The molecule has 4 rings (SSSR count). The zero-order chi connectivity index (χ0) is 18.4. The number of nitrogens with zero attached hydrogens (tertiary/aromatic N) is 1. The number of fused-ring (bicyclic) bond motifs is 1. The molecule has 3 aliphatic rings. The SMILES string of the molecule is COc1ccc(C23CCN(C)C2CC2(CCCC(=O)C2)CC3)cc1OC. The van der Waals surface area contributed by atoms with E-state index in [1.54, 1.807) is 14.2 Å². The lowest BCUT2D eigenvalue weighted by atomic mass is 9.55. The summed E-state index contributed by atoms with van der Waals surface area (Å²) in [4.78, 5) is 14.7. The molecule has 2 aliphatic carbocycles. The summed E-state index contributed by atoms with van der Waals surface area (Å²) >= 11 is 0. The molecule has 1 aromatic carbocycles. The Labute approximate surface area is 156 Å². The standard InChI is InChI=1S/C22H31NO3/c1-23-12-11-22(16-6-7-18(25-2)19(13-16)26-3)10-9-21(15-20(22)23)8-4-5-17(24)14-21/h6-7,13,20H,4-5,8-12,14-15H2,1-3H3. The maximum Gasteiger partial charge on any atom is 0.161 e. The summed E-state index contributed by atoms with van der Waals surface area (Å²) in [5.41, 5.74) is 1.81. The first-order valence-corrected chi connectivity index (χ1v) is 9.96. The summed E-state index contributed by atoms with van der Waals surface area (Å²) in [6.07, 6.45) is 8.60. The van der Waals surface area contributed by atoms with Crippen LogP contribution in [0.25, 0.3) is 0 Å². The molecule has 0 aromatic heterocycles. The Kier molecular flexibility index (Phi) is 4.50. The number of likely N-dealkylation sites (N-methyl/N-ethyl adjacent to an activating group) is 1. The minimum Gasteiger partial charge on any atom is -0.493 e. The van der Waals surface area contributed by atoms with Gasteiger partial charge in [0.25, 0.3) is 0 Å². The smallest absolute Gasteiger partial charge is 0.161 e. The molecular formula is C22H31NO3. The second kappa shape index (κ2) is 6.56. The normalized spacial score (nSPS) is 34.7. The summed E-state index contributed by atoms with van der Waals surface area (Å²) in [7, 11) is 5.66. The van der Waals surface area contributed by atoms with Crippen molar-refractivity contribution in [3.63, 3.8) is 0 Å². The quantitative estimate of drug-likeness (QED) is 0.821. The summed E-state index contributed by atoms with van der Waals surface area (Å²) in [5, 5.41) is 0. The summed E-state index contributed by atoms with van der Waals surface area (Å²) in [6, 6.07) is 6.99. The van der Waals surface area contributed by atoms with Crippen LogP contribution in [0, 0.1) is 5.41 Å². The number of carbonyl (C=O) groups excluding carboxylic acids is 1. The molecule has 3 atom stereocenters. The topological polar surface area (TPSA) is 38.8 Å². The molecule has 3 fully saturated rings. The van der Waals surface area contributed by atoms with Gasteiger partial charge in [-0.25, -0.2) is 0 Å². The van der Waals surface area contributed by atoms with Crippen molar-refractivity contribution in [1.82, 2.24) is 4.90 Å². The van der Waals surface area contributed by atoms with Crippen molar-refractivity contribution in [1.29, 1.82) is 0 Å². The van der Waals surface area contributed by atoms with Crippen LogP contribution in [-0.2, 0) is 10.2 Å². The van der Waals surface area contributed by atoms with E-state index in [9.17, 15) is 4.79 Å². The fraction of sp³-hybridized carbons (Fsp3) is 0.682. The van der Waals surface area contributed by atoms with Gasteiger partial charge in [-0.05, 0) is 75.2 Å². The fourth-order valence-corrected chi connectivity index (χ4v) is 6.03. The third-order valence-corrected chi connectivity index (χ3v) is 7.50. The Bertz CT molecular complexity index is 703. The summed E-state index contributed by atoms with van der Waals surface area (Å²) < 4.78 is 11.0. The van der Waals surface area contributed by atoms with Gasteiger partial charge in [0, 0.05) is 24.3 Å². The van der Waals surface area contributed by atoms with Crippen LogP contribution in [0.5, 0.6) is 11.5 Å². The molecule has 4 nitrogen and oxygen atoms in total. The largest absolute Gasteiger partial charge is 0.493 e. The van der Waals surface area contributed by atoms with E-state index in [0.29, 0.717) is 11.8 Å². The van der Waals surface area contributed by atoms with E-state index >= 15 is 0 Å². The first-order chi connectivity index (χ1) is 12.5. The highest BCUT2D eigenvalue weighted by Gasteiger charge is 2.55. The van der Waals surface area contributed by atoms with Crippen molar-refractivity contribution in [2.45, 2.75) is 62.8 Å². The maximum atomic E-state index is 12.2. The first-order valence-electron chi connectivity index (χ1n) is 9.96. The number of Topliss-reactive ketones (excluding diaryl/α,β-unsaturated/α-hetero) is 1. The molecule has 1 heterocycles. The molecule has 0 radical (unpaired) electrons. The Morgan fingerprint density at radius 1 is 1.08 bits per heavy atom. The molecule has 1 aromatic rings. The molecule has 0 N–H and O–H groups in total. The maximum absolute atomic E-state index is 12.2. The number of carbonyl (C=O) groups is 1. The lowest BCUT2D eigenvalue weighted by molar-refractivity contribution is -0.125. The van der Waals surface area contributed by atoms with Crippen LogP contribution in [0.15, 0.2) is 18.2 Å². The van der Waals surface area contributed by atoms with Gasteiger partial charge < -0.3 is 14.4 Å². The van der Waals surface area contributed by atoms with Crippen molar-refractivity contribution in [2.24, 2.45) is 5.41 Å². The Morgan fingerprint density at radius 3 is 2.62 bits per heavy atom. The molecular weight excluding hydrogens is 326 g/mol. The lowest BCUT2D eigenvalue weighted by Crippen LogP contribution is -2.50. The second-order valence-corrected chi connectivity index (χ2v) is 8.75. The van der Waals surface area contributed by atoms with Crippen LogP contribution < -0.4 is 9.47 Å². The Hall–Kier alpha value is -1.55. The van der Waals surface area contributed by atoms with Gasteiger partial charge in [0.1, 0.15) is 5.78 Å². The van der Waals surface area contributed by atoms with Crippen LogP contribution >= 0.6 is 0 Å². The zero-order valence-corrected chi connectivity index (χ0v) is 16.3. The molecule has 0 bridgehead atoms. The van der Waals surface area contributed by atoms with E-state index in [4.69, 9.17) is 9.47 Å². The van der Waals surface area contributed by atoms with E-state index in [1.807, 2.05) is 6.07 Å². The van der Waals surface area contributed by atoms with Gasteiger partial charge in [0.15, 0.2) is 11.5 Å².